The zero-order valence-corrected chi connectivity index (χ0v) is 23.9. The number of hydrogen-bond acceptors (Lipinski definition) is 7. The van der Waals surface area contributed by atoms with Crippen LogP contribution in [0.5, 0.6) is 0 Å². The second-order valence-corrected chi connectivity index (χ2v) is 11.4. The van der Waals surface area contributed by atoms with Crippen LogP contribution in [0.2, 0.25) is 5.02 Å². The second kappa shape index (κ2) is 11.1. The van der Waals surface area contributed by atoms with Gasteiger partial charge in [0.2, 0.25) is 5.78 Å². The standard InChI is InChI=1S/C31H27ClFN5O4/c1-30(2,16-39)17-42-31(21-5-7-22(32)8-6-21)27-24(29(41)38(31)14-23-9-4-19(12-34)13-35-23)10-20(11-25(27)33)28(40)26-15-37(3)18-36-26/h4-11,13,15,18,39H,14,16-17H2,1-3H3/t31-/m1/s1. The highest BCUT2D eigenvalue weighted by Gasteiger charge is 2.55. The predicted molar refractivity (Wildman–Crippen MR) is 151 cm³/mol. The number of aliphatic hydroxyl groups excluding tert-OH is 1. The van der Waals surface area contributed by atoms with E-state index < -0.39 is 28.6 Å². The van der Waals surface area contributed by atoms with Crippen LogP contribution in [0, 0.1) is 22.6 Å². The molecule has 0 aliphatic carbocycles. The number of nitriles is 1. The summed E-state index contributed by atoms with van der Waals surface area (Å²) in [5.41, 5.74) is -1.47. The third kappa shape index (κ3) is 5.18. The van der Waals surface area contributed by atoms with Crippen LogP contribution in [0.15, 0.2) is 67.3 Å². The molecule has 42 heavy (non-hydrogen) atoms. The summed E-state index contributed by atoms with van der Waals surface area (Å²) in [4.78, 5) is 37.2. The van der Waals surface area contributed by atoms with E-state index in [1.54, 1.807) is 61.9 Å². The highest BCUT2D eigenvalue weighted by atomic mass is 35.5. The number of rotatable bonds is 9. The largest absolute Gasteiger partial charge is 0.396 e. The first-order valence-corrected chi connectivity index (χ1v) is 13.4. The van der Waals surface area contributed by atoms with Gasteiger partial charge < -0.3 is 14.4 Å². The molecule has 1 atom stereocenters. The Morgan fingerprint density at radius 3 is 2.52 bits per heavy atom. The molecule has 1 N–H and O–H groups in total. The summed E-state index contributed by atoms with van der Waals surface area (Å²) in [6.07, 6.45) is 4.35. The normalized spacial score (nSPS) is 16.4. The van der Waals surface area contributed by atoms with Crippen molar-refractivity contribution in [1.82, 2.24) is 19.4 Å². The number of imidazole rings is 1. The topological polar surface area (TPSA) is 121 Å². The van der Waals surface area contributed by atoms with Gasteiger partial charge in [0.25, 0.3) is 5.91 Å². The number of aryl methyl sites for hydroxylation is 1. The molecular formula is C31H27ClFN5O4. The first-order valence-electron chi connectivity index (χ1n) is 13.0. The number of nitrogens with zero attached hydrogens (tertiary/aromatic N) is 5. The molecule has 214 valence electrons. The Labute approximate surface area is 246 Å². The minimum Gasteiger partial charge on any atom is -0.396 e. The summed E-state index contributed by atoms with van der Waals surface area (Å²) >= 11 is 6.20. The van der Waals surface area contributed by atoms with Gasteiger partial charge in [0.15, 0.2) is 5.72 Å². The molecule has 2 aromatic heterocycles. The first kappa shape index (κ1) is 29.1. The van der Waals surface area contributed by atoms with Crippen LogP contribution in [0.1, 0.15) is 62.6 Å². The van der Waals surface area contributed by atoms with Gasteiger partial charge in [0.05, 0.1) is 48.5 Å². The number of carbonyl (C=O) groups is 2. The van der Waals surface area contributed by atoms with Crippen LogP contribution in [0.25, 0.3) is 0 Å². The number of amides is 1. The molecule has 0 saturated carbocycles. The molecule has 1 aliphatic heterocycles. The van der Waals surface area contributed by atoms with E-state index in [0.717, 1.165) is 6.07 Å². The summed E-state index contributed by atoms with van der Waals surface area (Å²) < 4.78 is 24.6. The molecule has 11 heteroatoms. The van der Waals surface area contributed by atoms with Crippen LogP contribution < -0.4 is 0 Å². The smallest absolute Gasteiger partial charge is 0.257 e. The van der Waals surface area contributed by atoms with Crippen LogP contribution in [0.3, 0.4) is 0 Å². The fourth-order valence-electron chi connectivity index (χ4n) is 4.84. The van der Waals surface area contributed by atoms with Gasteiger partial charge in [0.1, 0.15) is 17.6 Å². The molecule has 0 saturated heterocycles. The Hall–Kier alpha value is -4.43. The molecule has 0 fully saturated rings. The fraction of sp³-hybridized carbons (Fsp3) is 0.258. The zero-order valence-electron chi connectivity index (χ0n) is 23.1. The maximum absolute atomic E-state index is 16.4. The minimum atomic E-state index is -1.81. The number of aromatic nitrogens is 3. The van der Waals surface area contributed by atoms with E-state index in [2.05, 4.69) is 9.97 Å². The predicted octanol–water partition coefficient (Wildman–Crippen LogP) is 4.60. The fourth-order valence-corrected chi connectivity index (χ4v) is 4.96. The molecule has 9 nitrogen and oxygen atoms in total. The van der Waals surface area contributed by atoms with Gasteiger partial charge in [-0.25, -0.2) is 9.37 Å². The van der Waals surface area contributed by atoms with Crippen molar-refractivity contribution in [1.29, 1.82) is 5.26 Å². The summed E-state index contributed by atoms with van der Waals surface area (Å²) in [6.45, 7) is 3.13. The molecule has 0 radical (unpaired) electrons. The average Bonchev–Trinajstić information content (AvgIpc) is 3.52. The van der Waals surface area contributed by atoms with Gasteiger partial charge in [0, 0.05) is 41.0 Å². The van der Waals surface area contributed by atoms with E-state index >= 15 is 4.39 Å². The summed E-state index contributed by atoms with van der Waals surface area (Å²) in [5.74, 6) is -1.97. The number of ether oxygens (including phenoxy) is 1. The highest BCUT2D eigenvalue weighted by molar-refractivity contribution is 6.30. The Morgan fingerprint density at radius 2 is 1.93 bits per heavy atom. The molecule has 0 spiro atoms. The molecule has 5 rings (SSSR count). The average molecular weight is 588 g/mol. The Morgan fingerprint density at radius 1 is 1.19 bits per heavy atom. The molecule has 3 heterocycles. The number of halogens is 2. The maximum atomic E-state index is 16.4. The maximum Gasteiger partial charge on any atom is 0.257 e. The zero-order chi connectivity index (χ0) is 30.2. The lowest BCUT2D eigenvalue weighted by Gasteiger charge is -2.41. The van der Waals surface area contributed by atoms with Crippen molar-refractivity contribution in [2.75, 3.05) is 13.2 Å². The number of hydrogen-bond donors (Lipinski definition) is 1. The lowest BCUT2D eigenvalue weighted by atomic mass is 9.90. The minimum absolute atomic E-state index is 0.0441. The molecule has 0 unspecified atom stereocenters. The number of benzene rings is 2. The van der Waals surface area contributed by atoms with Crippen molar-refractivity contribution in [2.45, 2.75) is 26.1 Å². The molecule has 1 amide bonds. The number of fused-ring (bicyclic) bond motifs is 1. The van der Waals surface area contributed by atoms with Crippen molar-refractivity contribution < 1.29 is 23.8 Å². The summed E-state index contributed by atoms with van der Waals surface area (Å²) in [6, 6.07) is 14.1. The van der Waals surface area contributed by atoms with Crippen molar-refractivity contribution in [3.05, 3.63) is 117 Å². The summed E-state index contributed by atoms with van der Waals surface area (Å²) in [7, 11) is 1.71. The second-order valence-electron chi connectivity index (χ2n) is 10.9. The lowest BCUT2D eigenvalue weighted by Crippen LogP contribution is -2.48. The van der Waals surface area contributed by atoms with Gasteiger partial charge in [-0.15, -0.1) is 0 Å². The highest BCUT2D eigenvalue weighted by Crippen LogP contribution is 2.48. The van der Waals surface area contributed by atoms with E-state index in [9.17, 15) is 20.0 Å². The molecule has 2 aromatic carbocycles. The molecule has 1 aliphatic rings. The van der Waals surface area contributed by atoms with Gasteiger partial charge >= 0.3 is 0 Å². The van der Waals surface area contributed by atoms with Crippen LogP contribution in [-0.4, -0.2) is 49.4 Å². The quantitative estimate of drug-likeness (QED) is 0.284. The Balaban J connectivity index is 1.73. The Kier molecular flexibility index (Phi) is 7.68. The lowest BCUT2D eigenvalue weighted by molar-refractivity contribution is -0.139. The van der Waals surface area contributed by atoms with Crippen LogP contribution in [0.4, 0.5) is 4.39 Å². The molecule has 0 bridgehead atoms. The van der Waals surface area contributed by atoms with E-state index in [1.165, 1.54) is 29.7 Å². The van der Waals surface area contributed by atoms with Gasteiger partial charge in [-0.2, -0.15) is 5.26 Å². The van der Waals surface area contributed by atoms with Crippen LogP contribution in [-0.2, 0) is 24.1 Å². The van der Waals surface area contributed by atoms with E-state index in [0.29, 0.717) is 21.8 Å². The van der Waals surface area contributed by atoms with Crippen molar-refractivity contribution in [2.24, 2.45) is 12.5 Å². The number of pyridine rings is 1. The number of aliphatic hydroxyl groups is 1. The van der Waals surface area contributed by atoms with Crippen molar-refractivity contribution in [3.63, 3.8) is 0 Å². The monoisotopic (exact) mass is 587 g/mol. The SMILES string of the molecule is Cn1cnc(C(=O)c2cc(F)c3c(c2)C(=O)N(Cc2ccc(C#N)cn2)[C@@]3(OCC(C)(C)CO)c2ccc(Cl)cc2)c1. The van der Waals surface area contributed by atoms with Gasteiger partial charge in [-0.05, 0) is 36.4 Å². The molecular weight excluding hydrogens is 561 g/mol. The van der Waals surface area contributed by atoms with Crippen molar-refractivity contribution in [3.8, 4) is 6.07 Å². The van der Waals surface area contributed by atoms with Crippen LogP contribution >= 0.6 is 11.6 Å². The van der Waals surface area contributed by atoms with Crippen molar-refractivity contribution >= 4 is 23.3 Å². The molecule has 4 aromatic rings. The third-order valence-corrected chi connectivity index (χ3v) is 7.35. The number of carbonyl (C=O) groups excluding carboxylic acids is 2. The van der Waals surface area contributed by atoms with E-state index in [1.807, 2.05) is 6.07 Å². The van der Waals surface area contributed by atoms with Gasteiger partial charge in [-0.3, -0.25) is 19.5 Å². The third-order valence-electron chi connectivity index (χ3n) is 7.09. The van der Waals surface area contributed by atoms with E-state index in [-0.39, 0.29) is 42.1 Å². The van der Waals surface area contributed by atoms with Gasteiger partial charge in [-0.1, -0.05) is 37.6 Å². The summed E-state index contributed by atoms with van der Waals surface area (Å²) in [5, 5.41) is 19.6. The van der Waals surface area contributed by atoms with E-state index in [4.69, 9.17) is 16.3 Å². The number of ketones is 1. The Bertz CT molecular complexity index is 1710. The first-order chi connectivity index (χ1) is 20.0.